The molecule has 10 heteroatoms. The van der Waals surface area contributed by atoms with E-state index in [1.54, 1.807) is 19.1 Å². The highest BCUT2D eigenvalue weighted by Gasteiger charge is 2.48. The Morgan fingerprint density at radius 2 is 1.91 bits per heavy atom. The number of rotatable bonds is 9. The number of anilines is 1. The maximum absolute atomic E-state index is 14.9. The van der Waals surface area contributed by atoms with Crippen molar-refractivity contribution in [3.8, 4) is 11.1 Å². The van der Waals surface area contributed by atoms with Crippen molar-refractivity contribution in [1.82, 2.24) is 25.7 Å². The summed E-state index contributed by atoms with van der Waals surface area (Å²) in [6.07, 6.45) is 6.01. The van der Waals surface area contributed by atoms with Crippen molar-refractivity contribution in [2.24, 2.45) is 17.8 Å². The first-order valence-electron chi connectivity index (χ1n) is 12.1. The molecule has 0 spiro atoms. The quantitative estimate of drug-likeness (QED) is 0.398. The molecule has 2 aliphatic rings. The Bertz CT molecular complexity index is 1230. The van der Waals surface area contributed by atoms with Gasteiger partial charge in [0.25, 0.3) is 5.91 Å². The smallest absolute Gasteiger partial charge is 0.257 e. The van der Waals surface area contributed by atoms with Crippen molar-refractivity contribution in [3.63, 3.8) is 0 Å². The molecule has 0 saturated heterocycles. The molecule has 3 aromatic rings. The molecule has 2 aliphatic carbocycles. The van der Waals surface area contributed by atoms with Gasteiger partial charge in [0, 0.05) is 16.8 Å². The zero-order chi connectivity index (χ0) is 24.7. The van der Waals surface area contributed by atoms with Gasteiger partial charge in [-0.25, -0.2) is 4.98 Å². The lowest BCUT2D eigenvalue weighted by molar-refractivity contribution is -0.119. The summed E-state index contributed by atoms with van der Waals surface area (Å²) in [5.74, 6) is -0.574. The summed E-state index contributed by atoms with van der Waals surface area (Å²) in [6.45, 7) is 5.48. The van der Waals surface area contributed by atoms with Crippen LogP contribution in [0, 0.1) is 37.5 Å². The van der Waals surface area contributed by atoms with E-state index in [1.165, 1.54) is 6.26 Å². The van der Waals surface area contributed by atoms with Crippen LogP contribution in [0.15, 0.2) is 22.9 Å². The van der Waals surface area contributed by atoms with Gasteiger partial charge in [-0.15, -0.1) is 0 Å². The average molecular weight is 481 g/mol. The number of aryl methyl sites for hydroxylation is 3. The third-order valence-corrected chi connectivity index (χ3v) is 7.01. The number of aromatic nitrogens is 4. The molecule has 2 fully saturated rings. The van der Waals surface area contributed by atoms with Crippen LogP contribution in [0.3, 0.4) is 0 Å². The maximum atomic E-state index is 14.9. The molecule has 3 N–H and O–H groups in total. The molecule has 35 heavy (non-hydrogen) atoms. The number of amides is 2. The van der Waals surface area contributed by atoms with E-state index in [-0.39, 0.29) is 11.7 Å². The van der Waals surface area contributed by atoms with E-state index >= 15 is 0 Å². The SMILES string of the molecule is CCc1nocc1C(=O)NC(C(=O)Nc1ccc(-c2c(C)n[nH]c2C)c(F)n1)C(C1CC1)C1CC1. The molecular formula is C25H29FN6O3. The summed E-state index contributed by atoms with van der Waals surface area (Å²) in [4.78, 5) is 30.5. The van der Waals surface area contributed by atoms with E-state index in [9.17, 15) is 14.0 Å². The minimum atomic E-state index is -0.759. The van der Waals surface area contributed by atoms with Gasteiger partial charge in [-0.2, -0.15) is 9.49 Å². The zero-order valence-electron chi connectivity index (χ0n) is 20.0. The number of carbonyl (C=O) groups is 2. The lowest BCUT2D eigenvalue weighted by Crippen LogP contribution is -2.50. The van der Waals surface area contributed by atoms with Crippen LogP contribution < -0.4 is 10.6 Å². The summed E-state index contributed by atoms with van der Waals surface area (Å²) >= 11 is 0. The Labute approximate surface area is 202 Å². The highest BCUT2D eigenvalue weighted by atomic mass is 19.1. The van der Waals surface area contributed by atoms with Crippen LogP contribution in [0.5, 0.6) is 0 Å². The second-order valence-corrected chi connectivity index (χ2v) is 9.56. The minimum Gasteiger partial charge on any atom is -0.364 e. The van der Waals surface area contributed by atoms with E-state index in [4.69, 9.17) is 4.52 Å². The molecule has 5 rings (SSSR count). The van der Waals surface area contributed by atoms with Crippen molar-refractivity contribution in [1.29, 1.82) is 0 Å². The number of carbonyl (C=O) groups excluding carboxylic acids is 2. The summed E-state index contributed by atoms with van der Waals surface area (Å²) in [7, 11) is 0. The first-order chi connectivity index (χ1) is 16.9. The number of hydrogen-bond donors (Lipinski definition) is 3. The van der Waals surface area contributed by atoms with Crippen molar-refractivity contribution in [2.75, 3.05) is 5.32 Å². The maximum Gasteiger partial charge on any atom is 0.257 e. The van der Waals surface area contributed by atoms with Crippen LogP contribution in [0.2, 0.25) is 0 Å². The lowest BCUT2D eigenvalue weighted by atomic mass is 9.88. The van der Waals surface area contributed by atoms with Crippen molar-refractivity contribution < 1.29 is 18.5 Å². The summed E-state index contributed by atoms with van der Waals surface area (Å²) in [6, 6.07) is 2.39. The number of halogens is 1. The van der Waals surface area contributed by atoms with E-state index in [1.807, 2.05) is 13.8 Å². The molecule has 0 aromatic carbocycles. The average Bonchev–Trinajstić information content (AvgIpc) is 3.76. The second-order valence-electron chi connectivity index (χ2n) is 9.56. The van der Waals surface area contributed by atoms with E-state index in [0.717, 1.165) is 31.4 Å². The van der Waals surface area contributed by atoms with Gasteiger partial charge in [-0.1, -0.05) is 12.1 Å². The molecule has 0 bridgehead atoms. The van der Waals surface area contributed by atoms with Gasteiger partial charge in [0.15, 0.2) is 0 Å². The molecule has 1 unspecified atom stereocenters. The minimum absolute atomic E-state index is 0.0317. The predicted octanol–water partition coefficient (Wildman–Crippen LogP) is 3.95. The van der Waals surface area contributed by atoms with Gasteiger partial charge >= 0.3 is 0 Å². The highest BCUT2D eigenvalue weighted by molar-refractivity contribution is 6.01. The number of pyridine rings is 1. The Hall–Kier alpha value is -3.56. The molecule has 0 radical (unpaired) electrons. The highest BCUT2D eigenvalue weighted by Crippen LogP contribution is 2.51. The van der Waals surface area contributed by atoms with Crippen molar-refractivity contribution in [2.45, 2.75) is 58.9 Å². The monoisotopic (exact) mass is 480 g/mol. The molecule has 184 valence electrons. The zero-order valence-corrected chi connectivity index (χ0v) is 20.0. The first-order valence-corrected chi connectivity index (χ1v) is 12.1. The van der Waals surface area contributed by atoms with Crippen molar-refractivity contribution in [3.05, 3.63) is 47.0 Å². The van der Waals surface area contributed by atoms with Gasteiger partial charge in [0.1, 0.15) is 23.7 Å². The Kier molecular flexibility index (Phi) is 6.12. The molecule has 0 aliphatic heterocycles. The van der Waals surface area contributed by atoms with E-state index < -0.39 is 23.8 Å². The van der Waals surface area contributed by atoms with E-state index in [2.05, 4.69) is 31.0 Å². The summed E-state index contributed by atoms with van der Waals surface area (Å²) in [5.41, 5.74) is 3.24. The largest absolute Gasteiger partial charge is 0.364 e. The first kappa shape index (κ1) is 23.2. The third kappa shape index (κ3) is 4.69. The standard InChI is InChI=1S/C25H29FN6O3/c1-4-18-17(11-35-32-18)24(33)29-22(21(14-5-6-14)15-7-8-15)25(34)28-19-10-9-16(23(26)27-19)20-12(2)30-31-13(20)3/h9-11,14-15,21-22H,4-8H2,1-3H3,(H,29,33)(H,30,31)(H,27,28,34). The Balaban J connectivity index is 1.38. The molecule has 9 nitrogen and oxygen atoms in total. The van der Waals surface area contributed by atoms with Crippen LogP contribution in [0.4, 0.5) is 10.2 Å². The number of nitrogens with one attached hydrogen (secondary N) is 3. The van der Waals surface area contributed by atoms with Crippen molar-refractivity contribution >= 4 is 17.6 Å². The van der Waals surface area contributed by atoms with Gasteiger partial charge in [-0.3, -0.25) is 14.7 Å². The van der Waals surface area contributed by atoms with Crippen LogP contribution in [0.1, 0.15) is 60.0 Å². The van der Waals surface area contributed by atoms with Gasteiger partial charge < -0.3 is 15.2 Å². The molecule has 1 atom stereocenters. The van der Waals surface area contributed by atoms with Crippen LogP contribution in [-0.2, 0) is 11.2 Å². The number of H-pyrrole nitrogens is 1. The topological polar surface area (TPSA) is 126 Å². The fourth-order valence-corrected chi connectivity index (χ4v) is 4.99. The second kappa shape index (κ2) is 9.24. The Morgan fingerprint density at radius 3 is 2.49 bits per heavy atom. The molecule has 2 saturated carbocycles. The fraction of sp³-hybridized carbons (Fsp3) is 0.480. The van der Waals surface area contributed by atoms with Crippen LogP contribution in [-0.4, -0.2) is 38.2 Å². The Morgan fingerprint density at radius 1 is 1.20 bits per heavy atom. The van der Waals surface area contributed by atoms with E-state index in [0.29, 0.717) is 46.3 Å². The molecule has 2 amide bonds. The van der Waals surface area contributed by atoms with Gasteiger partial charge in [0.2, 0.25) is 11.9 Å². The fourth-order valence-electron chi connectivity index (χ4n) is 4.99. The third-order valence-electron chi connectivity index (χ3n) is 7.01. The lowest BCUT2D eigenvalue weighted by Gasteiger charge is -2.27. The van der Waals surface area contributed by atoms with Crippen LogP contribution >= 0.6 is 0 Å². The molecule has 3 heterocycles. The molecular weight excluding hydrogens is 451 g/mol. The van der Waals surface area contributed by atoms with Gasteiger partial charge in [-0.05, 0) is 75.8 Å². The summed E-state index contributed by atoms with van der Waals surface area (Å²) < 4.78 is 19.9. The number of hydrogen-bond acceptors (Lipinski definition) is 6. The predicted molar refractivity (Wildman–Crippen MR) is 126 cm³/mol. The number of aromatic amines is 1. The number of nitrogens with zero attached hydrogens (tertiary/aromatic N) is 3. The van der Waals surface area contributed by atoms with Crippen LogP contribution in [0.25, 0.3) is 11.1 Å². The normalized spacial score (nSPS) is 16.4. The molecule has 3 aromatic heterocycles. The summed E-state index contributed by atoms with van der Waals surface area (Å²) in [5, 5.41) is 16.5. The van der Waals surface area contributed by atoms with Gasteiger partial charge in [0.05, 0.1) is 11.4 Å².